The van der Waals surface area contributed by atoms with E-state index in [2.05, 4.69) is 165 Å². The highest BCUT2D eigenvalue weighted by atomic mass is 19.4. The molecule has 0 atom stereocenters. The molecule has 0 aliphatic heterocycles. The molecule has 13 aromatic rings. The molecule has 0 radical (unpaired) electrons. The van der Waals surface area contributed by atoms with E-state index in [1.165, 1.54) is 28.3 Å². The molecule has 390 valence electrons. The first-order valence-corrected chi connectivity index (χ1v) is 26.8. The van der Waals surface area contributed by atoms with Crippen LogP contribution in [0.3, 0.4) is 0 Å². The van der Waals surface area contributed by atoms with Gasteiger partial charge in [0.05, 0.1) is 44.4 Å². The monoisotopic (exact) mass is 1030 g/mol. The largest absolute Gasteiger partial charge is 0.456 e. The lowest BCUT2D eigenvalue weighted by atomic mass is 9.85. The molecule has 0 spiro atoms. The molecular weight excluding hydrogens is 974 g/mol. The topological polar surface area (TPSA) is 66.6 Å². The number of aromatic nitrogens is 6. The zero-order valence-electron chi connectivity index (χ0n) is 46.2. The Labute approximate surface area is 451 Å². The van der Waals surface area contributed by atoms with Crippen molar-refractivity contribution in [2.24, 2.45) is 0 Å². The summed E-state index contributed by atoms with van der Waals surface area (Å²) in [6.45, 7) is 26.5. The first-order valence-electron chi connectivity index (χ1n) is 26.8. The Morgan fingerprint density at radius 3 is 1.24 bits per heavy atom. The molecule has 0 amide bonds. The van der Waals surface area contributed by atoms with Crippen LogP contribution >= 0.6 is 0 Å². The number of benzene rings is 8. The first-order chi connectivity index (χ1) is 36.8. The molecule has 8 aromatic carbocycles. The molecule has 0 saturated carbocycles. The van der Waals surface area contributed by atoms with Gasteiger partial charge in [0.1, 0.15) is 11.2 Å². The summed E-state index contributed by atoms with van der Waals surface area (Å²) in [4.78, 5) is 16.0. The van der Waals surface area contributed by atoms with Gasteiger partial charge in [0.2, 0.25) is 11.9 Å². The Kier molecular flexibility index (Phi) is 10.5. The van der Waals surface area contributed by atoms with Crippen LogP contribution in [0.2, 0.25) is 0 Å². The first kappa shape index (κ1) is 49.3. The van der Waals surface area contributed by atoms with E-state index in [0.29, 0.717) is 22.2 Å². The summed E-state index contributed by atoms with van der Waals surface area (Å²) < 4.78 is 60.8. The lowest BCUT2D eigenvalue weighted by molar-refractivity contribution is -0.137. The summed E-state index contributed by atoms with van der Waals surface area (Å²) in [5.74, 6) is 0.665. The van der Waals surface area contributed by atoms with Gasteiger partial charge in [-0.1, -0.05) is 144 Å². The van der Waals surface area contributed by atoms with Crippen LogP contribution in [0.1, 0.15) is 111 Å². The Morgan fingerprint density at radius 2 is 0.782 bits per heavy atom. The van der Waals surface area contributed by atoms with E-state index >= 15 is 13.2 Å². The standard InChI is InChI=1S/C68H61F3N6O/c1-64(2,3)39-22-27-51-45(34-39)46-35-40(65(4,5)6)23-28-52(46)76(51)62-72-61(73-63(74-62)77-53-29-24-41(66(7,8)9)36-47(53)48-37-42(67(10,11)12)25-30-54(48)77)38-21-26-55(49(33-38)68(69,70)71)75-50-19-15-13-17-43(50)59-56(75)31-32-58-60(59)44-18-14-16-20-57(44)78-58/h13-37H,1-12H3. The summed E-state index contributed by atoms with van der Waals surface area (Å²) in [7, 11) is 0. The molecular formula is C68H61F3N6O. The summed E-state index contributed by atoms with van der Waals surface area (Å²) in [5.41, 5.74) is 9.60. The van der Waals surface area contributed by atoms with Crippen molar-refractivity contribution in [2.45, 2.75) is 111 Å². The van der Waals surface area contributed by atoms with Crippen molar-refractivity contribution in [3.05, 3.63) is 179 Å². The van der Waals surface area contributed by atoms with Crippen molar-refractivity contribution in [3.63, 3.8) is 0 Å². The highest BCUT2D eigenvalue weighted by Gasteiger charge is 2.36. The molecule has 0 fully saturated rings. The van der Waals surface area contributed by atoms with Crippen molar-refractivity contribution in [2.75, 3.05) is 0 Å². The third-order valence-electron chi connectivity index (χ3n) is 16.0. The Hall–Kier alpha value is -8.24. The average molecular weight is 1040 g/mol. The maximum atomic E-state index is 16.2. The van der Waals surface area contributed by atoms with Gasteiger partial charge in [-0.25, -0.2) is 0 Å². The van der Waals surface area contributed by atoms with Crippen LogP contribution < -0.4 is 0 Å². The number of para-hydroxylation sites is 2. The van der Waals surface area contributed by atoms with Crippen molar-refractivity contribution >= 4 is 87.4 Å². The summed E-state index contributed by atoms with van der Waals surface area (Å²) in [6, 6.07) is 49.8. The van der Waals surface area contributed by atoms with Crippen LogP contribution in [0.15, 0.2) is 156 Å². The predicted molar refractivity (Wildman–Crippen MR) is 315 cm³/mol. The SMILES string of the molecule is CC(C)(C)c1ccc2c(c1)c1cc(C(C)(C)C)ccc1n2-c1nc(-c2ccc(-n3c4ccccc4c4c5c(ccc43)oc3ccccc35)c(C(F)(F)F)c2)nc(-n2c3ccc(C(C)(C)C)cc3c3cc(C(C)(C)C)ccc32)n1. The number of hydrogen-bond acceptors (Lipinski definition) is 4. The van der Waals surface area contributed by atoms with E-state index in [4.69, 9.17) is 19.4 Å². The van der Waals surface area contributed by atoms with Crippen LogP contribution in [-0.2, 0) is 27.8 Å². The van der Waals surface area contributed by atoms with Crippen molar-refractivity contribution in [1.29, 1.82) is 0 Å². The van der Waals surface area contributed by atoms with Crippen molar-refractivity contribution in [1.82, 2.24) is 28.7 Å². The van der Waals surface area contributed by atoms with Gasteiger partial charge in [0.25, 0.3) is 0 Å². The Balaban J connectivity index is 1.12. The van der Waals surface area contributed by atoms with Gasteiger partial charge < -0.3 is 8.98 Å². The molecule has 13 rings (SSSR count). The number of hydrogen-bond donors (Lipinski definition) is 0. The Bertz CT molecular complexity index is 4340. The van der Waals surface area contributed by atoms with Crippen LogP contribution in [0.25, 0.3) is 116 Å². The fraction of sp³-hybridized carbons (Fsp3) is 0.250. The second kappa shape index (κ2) is 16.6. The van der Waals surface area contributed by atoms with Gasteiger partial charge in [-0.05, 0) is 135 Å². The van der Waals surface area contributed by atoms with E-state index in [0.717, 1.165) is 65.2 Å². The van der Waals surface area contributed by atoms with Crippen molar-refractivity contribution < 1.29 is 17.6 Å². The minimum Gasteiger partial charge on any atom is -0.456 e. The van der Waals surface area contributed by atoms with Crippen molar-refractivity contribution in [3.8, 4) is 29.0 Å². The van der Waals surface area contributed by atoms with Gasteiger partial charge in [0, 0.05) is 48.7 Å². The smallest absolute Gasteiger partial charge is 0.418 e. The summed E-state index contributed by atoms with van der Waals surface area (Å²) in [6.07, 6.45) is -4.79. The molecule has 10 heteroatoms. The molecule has 0 unspecified atom stereocenters. The van der Waals surface area contributed by atoms with Gasteiger partial charge in [-0.15, -0.1) is 0 Å². The number of nitrogens with zero attached hydrogens (tertiary/aromatic N) is 6. The van der Waals surface area contributed by atoms with Gasteiger partial charge in [-0.3, -0.25) is 9.13 Å². The second-order valence-electron chi connectivity index (χ2n) is 25.4. The summed E-state index contributed by atoms with van der Waals surface area (Å²) >= 11 is 0. The number of furan rings is 1. The molecule has 0 N–H and O–H groups in total. The predicted octanol–water partition coefficient (Wildman–Crippen LogP) is 18.9. The molecule has 7 nitrogen and oxygen atoms in total. The van der Waals surface area contributed by atoms with Crippen LogP contribution in [0.5, 0.6) is 0 Å². The van der Waals surface area contributed by atoms with Crippen LogP contribution in [0, 0.1) is 0 Å². The third kappa shape index (κ3) is 7.72. The highest BCUT2D eigenvalue weighted by Crippen LogP contribution is 2.46. The molecule has 0 saturated heterocycles. The van der Waals surface area contributed by atoms with E-state index in [9.17, 15) is 0 Å². The van der Waals surface area contributed by atoms with Crippen LogP contribution in [-0.4, -0.2) is 28.7 Å². The number of alkyl halides is 3. The zero-order valence-corrected chi connectivity index (χ0v) is 46.2. The minimum atomic E-state index is -4.79. The van der Waals surface area contributed by atoms with Gasteiger partial charge in [-0.2, -0.15) is 28.1 Å². The zero-order chi connectivity index (χ0) is 54.7. The quantitative estimate of drug-likeness (QED) is 0.176. The van der Waals surface area contributed by atoms with E-state index < -0.39 is 11.7 Å². The van der Waals surface area contributed by atoms with E-state index in [1.807, 2.05) is 60.7 Å². The molecule has 0 aliphatic rings. The fourth-order valence-electron chi connectivity index (χ4n) is 11.7. The minimum absolute atomic E-state index is 0.0162. The number of halogens is 3. The molecule has 78 heavy (non-hydrogen) atoms. The molecule has 5 aromatic heterocycles. The maximum Gasteiger partial charge on any atom is 0.418 e. The highest BCUT2D eigenvalue weighted by molar-refractivity contribution is 6.27. The number of rotatable bonds is 4. The lowest BCUT2D eigenvalue weighted by Crippen LogP contribution is -2.13. The van der Waals surface area contributed by atoms with Crippen LogP contribution in [0.4, 0.5) is 13.2 Å². The normalized spacial score (nSPS) is 13.3. The maximum absolute atomic E-state index is 16.2. The lowest BCUT2D eigenvalue weighted by Gasteiger charge is -2.19. The molecule has 0 aliphatic carbocycles. The van der Waals surface area contributed by atoms with E-state index in [1.54, 1.807) is 16.7 Å². The average Bonchev–Trinajstić information content (AvgIpc) is 4.32. The molecule has 5 heterocycles. The van der Waals surface area contributed by atoms with Gasteiger partial charge in [0.15, 0.2) is 5.82 Å². The Morgan fingerprint density at radius 1 is 0.359 bits per heavy atom. The number of fused-ring (bicyclic) bond motifs is 13. The third-order valence-corrected chi connectivity index (χ3v) is 16.0. The molecule has 0 bridgehead atoms. The van der Waals surface area contributed by atoms with E-state index in [-0.39, 0.29) is 50.6 Å². The summed E-state index contributed by atoms with van der Waals surface area (Å²) in [5, 5.41) is 7.52. The second-order valence-corrected chi connectivity index (χ2v) is 25.4. The fourth-order valence-corrected chi connectivity index (χ4v) is 11.7. The van der Waals surface area contributed by atoms with Gasteiger partial charge >= 0.3 is 6.18 Å².